The molecule has 80 valence electrons. The van der Waals surface area contributed by atoms with Crippen LogP contribution in [-0.2, 0) is 14.3 Å². The molecule has 15 heavy (non-hydrogen) atoms. The van der Waals surface area contributed by atoms with E-state index in [4.69, 9.17) is 4.74 Å². The Hall–Kier alpha value is -1.16. The molecule has 0 unspecified atom stereocenters. The van der Waals surface area contributed by atoms with Gasteiger partial charge in [0.05, 0.1) is 17.4 Å². The van der Waals surface area contributed by atoms with Gasteiger partial charge in [-0.25, -0.2) is 0 Å². The quantitative estimate of drug-likeness (QED) is 0.495. The van der Waals surface area contributed by atoms with Gasteiger partial charge in [-0.15, -0.1) is 0 Å². The zero-order valence-electron chi connectivity index (χ0n) is 8.53. The highest BCUT2D eigenvalue weighted by Gasteiger charge is 2.60. The minimum absolute atomic E-state index is 0.125. The van der Waals surface area contributed by atoms with Crippen molar-refractivity contribution < 1.29 is 14.3 Å². The highest BCUT2D eigenvalue weighted by molar-refractivity contribution is 6.06. The molecule has 1 saturated heterocycles. The molecule has 0 aromatic carbocycles. The van der Waals surface area contributed by atoms with Crippen molar-refractivity contribution >= 4 is 11.8 Å². The van der Waals surface area contributed by atoms with Gasteiger partial charge < -0.3 is 4.74 Å². The average molecular weight is 207 g/mol. The highest BCUT2D eigenvalue weighted by Crippen LogP contribution is 2.51. The molecule has 1 aliphatic heterocycles. The molecule has 4 rings (SSSR count). The summed E-state index contributed by atoms with van der Waals surface area (Å²) in [6.45, 7) is 0. The summed E-state index contributed by atoms with van der Waals surface area (Å²) < 4.78 is 5.50. The van der Waals surface area contributed by atoms with Crippen LogP contribution in [0.3, 0.4) is 0 Å². The van der Waals surface area contributed by atoms with E-state index in [0.29, 0.717) is 0 Å². The van der Waals surface area contributed by atoms with Crippen molar-refractivity contribution in [3.05, 3.63) is 12.2 Å². The number of ether oxygens (including phenoxy) is 1. The van der Waals surface area contributed by atoms with E-state index in [1.807, 2.05) is 12.2 Å². The van der Waals surface area contributed by atoms with Crippen LogP contribution in [0.2, 0.25) is 0 Å². The molecule has 2 amide bonds. The van der Waals surface area contributed by atoms with E-state index in [9.17, 15) is 9.59 Å². The molecule has 0 radical (unpaired) electrons. The molecule has 1 N–H and O–H groups in total. The van der Waals surface area contributed by atoms with E-state index in [-0.39, 0.29) is 29.6 Å². The lowest BCUT2D eigenvalue weighted by Gasteiger charge is -2.46. The normalized spacial score (nSPS) is 46.9. The van der Waals surface area contributed by atoms with Gasteiger partial charge in [0.1, 0.15) is 0 Å². The fourth-order valence-electron chi connectivity index (χ4n) is 3.28. The van der Waals surface area contributed by atoms with Crippen LogP contribution >= 0.6 is 0 Å². The van der Waals surface area contributed by atoms with Crippen molar-refractivity contribution in [2.75, 3.05) is 7.11 Å². The van der Waals surface area contributed by atoms with Crippen molar-refractivity contribution in [2.24, 2.45) is 17.8 Å². The first kappa shape index (κ1) is 9.09. The second-order valence-corrected chi connectivity index (χ2v) is 4.58. The van der Waals surface area contributed by atoms with Crippen LogP contribution in [0.1, 0.15) is 12.8 Å². The molecule has 4 nitrogen and oxygen atoms in total. The van der Waals surface area contributed by atoms with Gasteiger partial charge in [-0.1, -0.05) is 12.2 Å². The number of carbonyl (C=O) groups is 2. The Bertz CT molecular complexity index is 376. The number of fused-ring (bicyclic) bond motifs is 1. The van der Waals surface area contributed by atoms with Crippen molar-refractivity contribution in [3.63, 3.8) is 0 Å². The van der Waals surface area contributed by atoms with E-state index in [1.165, 1.54) is 0 Å². The van der Waals surface area contributed by atoms with Gasteiger partial charge in [0, 0.05) is 7.11 Å². The SMILES string of the molecule is CO[C@@]12C=C[C@@H](CC1)[C@H]1C(=O)NC(=O)[C@H]12. The van der Waals surface area contributed by atoms with Crippen molar-refractivity contribution in [1.82, 2.24) is 5.32 Å². The van der Waals surface area contributed by atoms with Gasteiger partial charge in [-0.05, 0) is 18.8 Å². The van der Waals surface area contributed by atoms with Gasteiger partial charge in [-0.2, -0.15) is 0 Å². The standard InChI is InChI=1S/C11H13NO3/c1-15-11-4-2-6(3-5-11)7-8(11)10(14)12-9(7)13/h2,4,6-8H,3,5H2,1H3,(H,12,13,14)/t6-,7+,8-,11-/m0/s1. The maximum Gasteiger partial charge on any atom is 0.233 e. The fraction of sp³-hybridized carbons (Fsp3) is 0.636. The summed E-state index contributed by atoms with van der Waals surface area (Å²) in [5, 5.41) is 2.42. The maximum atomic E-state index is 11.7. The number of rotatable bonds is 1. The summed E-state index contributed by atoms with van der Waals surface area (Å²) in [7, 11) is 1.61. The second kappa shape index (κ2) is 2.70. The minimum Gasteiger partial charge on any atom is -0.373 e. The second-order valence-electron chi connectivity index (χ2n) is 4.58. The number of imide groups is 1. The number of hydrogen-bond acceptors (Lipinski definition) is 3. The van der Waals surface area contributed by atoms with Gasteiger partial charge >= 0.3 is 0 Å². The summed E-state index contributed by atoms with van der Waals surface area (Å²) in [6.07, 6.45) is 5.78. The zero-order valence-corrected chi connectivity index (χ0v) is 8.53. The Morgan fingerprint density at radius 2 is 2.27 bits per heavy atom. The third-order valence-corrected chi connectivity index (χ3v) is 4.05. The van der Waals surface area contributed by atoms with E-state index in [1.54, 1.807) is 7.11 Å². The van der Waals surface area contributed by atoms with E-state index in [0.717, 1.165) is 12.8 Å². The van der Waals surface area contributed by atoms with Crippen LogP contribution in [0.15, 0.2) is 12.2 Å². The monoisotopic (exact) mass is 207 g/mol. The molecule has 2 bridgehead atoms. The molecule has 3 aliphatic carbocycles. The highest BCUT2D eigenvalue weighted by atomic mass is 16.5. The number of amides is 2. The molecule has 4 aliphatic rings. The lowest BCUT2D eigenvalue weighted by Crippen LogP contribution is -2.52. The predicted octanol–water partition coefficient (Wildman–Crippen LogP) is 0.240. The summed E-state index contributed by atoms with van der Waals surface area (Å²) in [5.74, 6) is -0.574. The fourth-order valence-corrected chi connectivity index (χ4v) is 3.28. The first-order valence-corrected chi connectivity index (χ1v) is 5.27. The Morgan fingerprint density at radius 3 is 2.87 bits per heavy atom. The summed E-state index contributed by atoms with van der Waals surface area (Å²) >= 11 is 0. The summed E-state index contributed by atoms with van der Waals surface area (Å²) in [6, 6.07) is 0. The third kappa shape index (κ3) is 0.951. The van der Waals surface area contributed by atoms with Crippen LogP contribution in [0.5, 0.6) is 0 Å². The number of methoxy groups -OCH3 is 1. The topological polar surface area (TPSA) is 55.4 Å². The van der Waals surface area contributed by atoms with Gasteiger partial charge in [0.15, 0.2) is 0 Å². The van der Waals surface area contributed by atoms with E-state index in [2.05, 4.69) is 5.32 Å². The van der Waals surface area contributed by atoms with Crippen LogP contribution < -0.4 is 5.32 Å². The lowest BCUT2D eigenvalue weighted by molar-refractivity contribution is -0.140. The summed E-state index contributed by atoms with van der Waals surface area (Å²) in [5.41, 5.74) is -0.532. The zero-order chi connectivity index (χ0) is 10.6. The molecular weight excluding hydrogens is 194 g/mol. The smallest absolute Gasteiger partial charge is 0.233 e. The van der Waals surface area contributed by atoms with Crippen LogP contribution in [0.25, 0.3) is 0 Å². The summed E-state index contributed by atoms with van der Waals surface area (Å²) in [4.78, 5) is 23.4. The Morgan fingerprint density at radius 1 is 1.47 bits per heavy atom. The molecule has 2 fully saturated rings. The molecule has 1 heterocycles. The Balaban J connectivity index is 2.11. The molecular formula is C11H13NO3. The molecule has 0 aromatic rings. The van der Waals surface area contributed by atoms with Crippen LogP contribution in [-0.4, -0.2) is 24.5 Å². The van der Waals surface area contributed by atoms with Gasteiger partial charge in [0.2, 0.25) is 11.8 Å². The molecule has 1 saturated carbocycles. The largest absolute Gasteiger partial charge is 0.373 e. The number of allylic oxidation sites excluding steroid dienone is 1. The molecule has 4 heteroatoms. The lowest BCUT2D eigenvalue weighted by atomic mass is 9.60. The third-order valence-electron chi connectivity index (χ3n) is 4.05. The number of carbonyl (C=O) groups excluding carboxylic acids is 2. The van der Waals surface area contributed by atoms with Gasteiger partial charge in [-0.3, -0.25) is 14.9 Å². The maximum absolute atomic E-state index is 11.7. The Kier molecular flexibility index (Phi) is 1.63. The van der Waals surface area contributed by atoms with E-state index < -0.39 is 5.60 Å². The van der Waals surface area contributed by atoms with Crippen LogP contribution in [0.4, 0.5) is 0 Å². The number of hydrogen-bond donors (Lipinski definition) is 1. The molecule has 0 aromatic heterocycles. The first-order valence-electron chi connectivity index (χ1n) is 5.27. The van der Waals surface area contributed by atoms with Crippen molar-refractivity contribution in [3.8, 4) is 0 Å². The average Bonchev–Trinajstić information content (AvgIpc) is 2.59. The van der Waals surface area contributed by atoms with Crippen molar-refractivity contribution in [2.45, 2.75) is 18.4 Å². The first-order chi connectivity index (χ1) is 7.18. The van der Waals surface area contributed by atoms with E-state index >= 15 is 0 Å². The van der Waals surface area contributed by atoms with Gasteiger partial charge in [0.25, 0.3) is 0 Å². The van der Waals surface area contributed by atoms with Crippen LogP contribution in [0, 0.1) is 17.8 Å². The predicted molar refractivity (Wildman–Crippen MR) is 51.7 cm³/mol. The Labute approximate surface area is 87.7 Å². The van der Waals surface area contributed by atoms with Crippen molar-refractivity contribution in [1.29, 1.82) is 0 Å². The minimum atomic E-state index is -0.532. The molecule has 0 spiro atoms. The number of nitrogens with one attached hydrogen (secondary N) is 1. The molecule has 4 atom stereocenters.